The molecule has 0 radical (unpaired) electrons. The van der Waals surface area contributed by atoms with Crippen LogP contribution in [-0.4, -0.2) is 19.6 Å². The van der Waals surface area contributed by atoms with Gasteiger partial charge in [-0.15, -0.1) is 11.3 Å². The van der Waals surface area contributed by atoms with E-state index in [4.69, 9.17) is 11.6 Å². The summed E-state index contributed by atoms with van der Waals surface area (Å²) in [5.41, 5.74) is 1.15. The molecule has 21 heavy (non-hydrogen) atoms. The quantitative estimate of drug-likeness (QED) is 0.652. The van der Waals surface area contributed by atoms with Crippen LogP contribution in [0.25, 0.3) is 0 Å². The summed E-state index contributed by atoms with van der Waals surface area (Å²) in [6, 6.07) is 12.2. The molecule has 0 unspecified atom stereocenters. The Hall–Kier alpha value is -1.52. The Bertz CT molecular complexity index is 607. The predicted molar refractivity (Wildman–Crippen MR) is 92.4 cm³/mol. The Morgan fingerprint density at radius 2 is 2.00 bits per heavy atom. The molecule has 112 valence electrons. The van der Waals surface area contributed by atoms with E-state index in [0.717, 1.165) is 36.1 Å². The van der Waals surface area contributed by atoms with Gasteiger partial charge in [0.1, 0.15) is 0 Å². The molecule has 0 aliphatic rings. The first-order valence-electron chi connectivity index (χ1n) is 6.92. The van der Waals surface area contributed by atoms with Crippen molar-refractivity contribution in [3.63, 3.8) is 0 Å². The highest BCUT2D eigenvalue weighted by Gasteiger charge is 2.02. The molecule has 0 spiro atoms. The van der Waals surface area contributed by atoms with Gasteiger partial charge in [-0.25, -0.2) is 0 Å². The fraction of sp³-hybridized carbons (Fsp3) is 0.312. The molecular formula is C16H20ClN3S. The van der Waals surface area contributed by atoms with Gasteiger partial charge in [-0.3, -0.25) is 4.99 Å². The molecule has 1 aromatic heterocycles. The first-order chi connectivity index (χ1) is 10.2. The summed E-state index contributed by atoms with van der Waals surface area (Å²) in [7, 11) is 1.78. The average Bonchev–Trinajstić information content (AvgIpc) is 2.90. The van der Waals surface area contributed by atoms with Crippen LogP contribution < -0.4 is 10.6 Å². The molecular weight excluding hydrogens is 302 g/mol. The summed E-state index contributed by atoms with van der Waals surface area (Å²) in [6.45, 7) is 3.71. The number of nitrogens with one attached hydrogen (secondary N) is 2. The van der Waals surface area contributed by atoms with Crippen molar-refractivity contribution in [2.75, 3.05) is 13.6 Å². The van der Waals surface area contributed by atoms with Crippen LogP contribution in [0.3, 0.4) is 0 Å². The topological polar surface area (TPSA) is 36.4 Å². The zero-order valence-corrected chi connectivity index (χ0v) is 13.9. The van der Waals surface area contributed by atoms with E-state index in [0.29, 0.717) is 0 Å². The van der Waals surface area contributed by atoms with Crippen molar-refractivity contribution < 1.29 is 0 Å². The Labute approximate surface area is 135 Å². The van der Waals surface area contributed by atoms with Crippen molar-refractivity contribution in [3.05, 3.63) is 56.7 Å². The normalized spacial score (nSPS) is 11.5. The molecule has 3 nitrogen and oxygen atoms in total. The third-order valence-electron chi connectivity index (χ3n) is 3.09. The number of rotatable bonds is 5. The highest BCUT2D eigenvalue weighted by molar-refractivity contribution is 7.11. The first kappa shape index (κ1) is 15.9. The van der Waals surface area contributed by atoms with Gasteiger partial charge in [0.15, 0.2) is 5.96 Å². The number of thiophene rings is 1. The van der Waals surface area contributed by atoms with E-state index in [2.05, 4.69) is 40.7 Å². The third kappa shape index (κ3) is 5.06. The Balaban J connectivity index is 1.77. The second-order valence-electron chi connectivity index (χ2n) is 4.71. The van der Waals surface area contributed by atoms with E-state index in [9.17, 15) is 0 Å². The number of aliphatic imine (C=N–C) groups is 1. The number of hydrogen-bond donors (Lipinski definition) is 2. The van der Waals surface area contributed by atoms with Gasteiger partial charge in [0.25, 0.3) is 0 Å². The average molecular weight is 322 g/mol. The van der Waals surface area contributed by atoms with Crippen molar-refractivity contribution >= 4 is 28.9 Å². The molecule has 2 aromatic rings. The van der Waals surface area contributed by atoms with E-state index < -0.39 is 0 Å². The minimum atomic E-state index is 0.796. The van der Waals surface area contributed by atoms with Crippen LogP contribution in [0.2, 0.25) is 5.02 Å². The standard InChI is InChI=1S/C16H20ClN3S/c1-12-7-8-14(21-12)11-20-16(18-2)19-10-9-13-5-3-4-6-15(13)17/h3-8H,9-11H2,1-2H3,(H2,18,19,20). The highest BCUT2D eigenvalue weighted by Crippen LogP contribution is 2.15. The fourth-order valence-corrected chi connectivity index (χ4v) is 3.05. The predicted octanol–water partition coefficient (Wildman–Crippen LogP) is 3.62. The lowest BCUT2D eigenvalue weighted by atomic mass is 10.1. The van der Waals surface area contributed by atoms with E-state index in [-0.39, 0.29) is 0 Å². The van der Waals surface area contributed by atoms with Crippen LogP contribution in [0, 0.1) is 6.92 Å². The summed E-state index contributed by atoms with van der Waals surface area (Å²) >= 11 is 7.94. The summed E-state index contributed by atoms with van der Waals surface area (Å²) in [4.78, 5) is 6.86. The Morgan fingerprint density at radius 1 is 1.19 bits per heavy atom. The van der Waals surface area contributed by atoms with Gasteiger partial charge in [-0.05, 0) is 37.1 Å². The van der Waals surface area contributed by atoms with Crippen molar-refractivity contribution in [3.8, 4) is 0 Å². The van der Waals surface area contributed by atoms with E-state index in [1.54, 1.807) is 18.4 Å². The van der Waals surface area contributed by atoms with E-state index >= 15 is 0 Å². The van der Waals surface area contributed by atoms with Crippen molar-refractivity contribution in [2.45, 2.75) is 19.9 Å². The molecule has 2 N–H and O–H groups in total. The molecule has 5 heteroatoms. The van der Waals surface area contributed by atoms with Gasteiger partial charge in [0.2, 0.25) is 0 Å². The molecule has 0 amide bonds. The maximum Gasteiger partial charge on any atom is 0.191 e. The molecule has 0 aliphatic carbocycles. The number of benzene rings is 1. The molecule has 1 aromatic carbocycles. The van der Waals surface area contributed by atoms with Crippen LogP contribution in [0.1, 0.15) is 15.3 Å². The SMILES string of the molecule is CN=C(NCCc1ccccc1Cl)NCc1ccc(C)s1. The van der Waals surface area contributed by atoms with Gasteiger partial charge in [-0.2, -0.15) is 0 Å². The van der Waals surface area contributed by atoms with Crippen LogP contribution in [-0.2, 0) is 13.0 Å². The van der Waals surface area contributed by atoms with Crippen LogP contribution in [0.5, 0.6) is 0 Å². The van der Waals surface area contributed by atoms with Gasteiger partial charge in [-0.1, -0.05) is 29.8 Å². The molecule has 2 rings (SSSR count). The number of hydrogen-bond acceptors (Lipinski definition) is 2. The number of halogens is 1. The summed E-state index contributed by atoms with van der Waals surface area (Å²) in [6.07, 6.45) is 0.873. The summed E-state index contributed by atoms with van der Waals surface area (Å²) in [5.74, 6) is 0.813. The second-order valence-corrected chi connectivity index (χ2v) is 6.49. The van der Waals surface area contributed by atoms with Gasteiger partial charge >= 0.3 is 0 Å². The third-order valence-corrected chi connectivity index (χ3v) is 4.46. The van der Waals surface area contributed by atoms with E-state index in [1.807, 2.05) is 18.2 Å². The van der Waals surface area contributed by atoms with Gasteiger partial charge < -0.3 is 10.6 Å². The van der Waals surface area contributed by atoms with Crippen LogP contribution in [0.4, 0.5) is 0 Å². The fourth-order valence-electron chi connectivity index (χ4n) is 1.99. The van der Waals surface area contributed by atoms with Gasteiger partial charge in [0.05, 0.1) is 6.54 Å². The summed E-state index contributed by atoms with van der Waals surface area (Å²) in [5, 5.41) is 7.44. The lowest BCUT2D eigenvalue weighted by Crippen LogP contribution is -2.37. The molecule has 1 heterocycles. The minimum Gasteiger partial charge on any atom is -0.356 e. The Morgan fingerprint density at radius 3 is 2.67 bits per heavy atom. The van der Waals surface area contributed by atoms with Crippen molar-refractivity contribution in [1.29, 1.82) is 0 Å². The van der Waals surface area contributed by atoms with Crippen LogP contribution in [0.15, 0.2) is 41.4 Å². The largest absolute Gasteiger partial charge is 0.356 e. The smallest absolute Gasteiger partial charge is 0.191 e. The van der Waals surface area contributed by atoms with Crippen molar-refractivity contribution in [2.24, 2.45) is 4.99 Å². The maximum atomic E-state index is 6.14. The highest BCUT2D eigenvalue weighted by atomic mass is 35.5. The van der Waals surface area contributed by atoms with Gasteiger partial charge in [0, 0.05) is 28.4 Å². The zero-order valence-electron chi connectivity index (χ0n) is 12.3. The molecule has 0 fully saturated rings. The minimum absolute atomic E-state index is 0.796. The molecule has 0 saturated carbocycles. The Kier molecular flexibility index (Phi) is 6.08. The molecule has 0 saturated heterocycles. The lowest BCUT2D eigenvalue weighted by Gasteiger charge is -2.11. The molecule has 0 aliphatic heterocycles. The number of nitrogens with zero attached hydrogens (tertiary/aromatic N) is 1. The lowest BCUT2D eigenvalue weighted by molar-refractivity contribution is 0.799. The number of aryl methyl sites for hydroxylation is 1. The van der Waals surface area contributed by atoms with Crippen molar-refractivity contribution in [1.82, 2.24) is 10.6 Å². The maximum absolute atomic E-state index is 6.14. The van der Waals surface area contributed by atoms with E-state index in [1.165, 1.54) is 9.75 Å². The summed E-state index contributed by atoms with van der Waals surface area (Å²) < 4.78 is 0. The zero-order chi connectivity index (χ0) is 15.1. The van der Waals surface area contributed by atoms with Crippen LogP contribution >= 0.6 is 22.9 Å². The monoisotopic (exact) mass is 321 g/mol. The molecule has 0 bridgehead atoms. The molecule has 0 atom stereocenters. The first-order valence-corrected chi connectivity index (χ1v) is 8.11. The second kappa shape index (κ2) is 8.05. The number of guanidine groups is 1.